The number of carbonyl (C=O) groups is 1. The van der Waals surface area contributed by atoms with E-state index in [1.165, 1.54) is 24.6 Å². The number of rotatable bonds is 3. The highest BCUT2D eigenvalue weighted by molar-refractivity contribution is 6.31. The summed E-state index contributed by atoms with van der Waals surface area (Å²) in [6.45, 7) is 1.75. The molecule has 0 saturated heterocycles. The van der Waals surface area contributed by atoms with Gasteiger partial charge in [-0.1, -0.05) is 11.6 Å². The van der Waals surface area contributed by atoms with Crippen molar-refractivity contribution in [1.82, 2.24) is 4.98 Å². The molecule has 18 heavy (non-hydrogen) atoms. The van der Waals surface area contributed by atoms with Gasteiger partial charge in [0, 0.05) is 5.69 Å². The Labute approximate surface area is 108 Å². The minimum Gasteiger partial charge on any atom is -0.448 e. The van der Waals surface area contributed by atoms with Crippen LogP contribution in [0, 0.1) is 12.7 Å². The number of nitrogens with zero attached hydrogens (tertiary/aromatic N) is 1. The highest BCUT2D eigenvalue weighted by atomic mass is 35.5. The van der Waals surface area contributed by atoms with Crippen LogP contribution in [0.2, 0.25) is 5.02 Å². The number of aryl methyl sites for hydroxylation is 1. The summed E-state index contributed by atoms with van der Waals surface area (Å²) >= 11 is 5.61. The Balaban J connectivity index is 2.03. The van der Waals surface area contributed by atoms with Crippen LogP contribution in [0.1, 0.15) is 11.5 Å². The number of benzene rings is 1. The van der Waals surface area contributed by atoms with Gasteiger partial charge in [-0.25, -0.2) is 9.37 Å². The van der Waals surface area contributed by atoms with E-state index in [1.54, 1.807) is 6.92 Å². The minimum absolute atomic E-state index is 0.0383. The lowest BCUT2D eigenvalue weighted by Crippen LogP contribution is -2.14. The average molecular weight is 269 g/mol. The van der Waals surface area contributed by atoms with Crippen LogP contribution in [0.25, 0.3) is 0 Å². The molecule has 0 spiro atoms. The molecule has 0 bridgehead atoms. The highest BCUT2D eigenvalue weighted by Crippen LogP contribution is 2.19. The molecule has 94 valence electrons. The molecule has 1 aromatic heterocycles. The Morgan fingerprint density at radius 2 is 2.33 bits per heavy atom. The summed E-state index contributed by atoms with van der Waals surface area (Å²) in [7, 11) is 0. The zero-order chi connectivity index (χ0) is 13.1. The SMILES string of the molecule is Cc1ncoc1CC(=O)Nc1ccc(F)c(Cl)c1. The molecular formula is C12H10ClFN2O2. The normalized spacial score (nSPS) is 10.4. The van der Waals surface area contributed by atoms with E-state index >= 15 is 0 Å². The molecule has 0 aliphatic carbocycles. The predicted octanol–water partition coefficient (Wildman–Crippen LogP) is 2.96. The Morgan fingerprint density at radius 3 is 2.94 bits per heavy atom. The third-order valence-corrected chi connectivity index (χ3v) is 2.66. The van der Waals surface area contributed by atoms with Gasteiger partial charge >= 0.3 is 0 Å². The topological polar surface area (TPSA) is 55.1 Å². The average Bonchev–Trinajstić information content (AvgIpc) is 2.70. The number of aromatic nitrogens is 1. The van der Waals surface area contributed by atoms with E-state index < -0.39 is 5.82 Å². The quantitative estimate of drug-likeness (QED) is 0.931. The first kappa shape index (κ1) is 12.6. The van der Waals surface area contributed by atoms with Crippen LogP contribution in [0.15, 0.2) is 29.0 Å². The summed E-state index contributed by atoms with van der Waals surface area (Å²) in [6, 6.07) is 3.98. The molecule has 2 aromatic rings. The summed E-state index contributed by atoms with van der Waals surface area (Å²) in [5.41, 5.74) is 1.10. The summed E-state index contributed by atoms with van der Waals surface area (Å²) in [4.78, 5) is 15.6. The molecule has 0 unspecified atom stereocenters. The van der Waals surface area contributed by atoms with Crippen molar-refractivity contribution < 1.29 is 13.6 Å². The molecule has 0 fully saturated rings. The monoisotopic (exact) mass is 268 g/mol. The van der Waals surface area contributed by atoms with Gasteiger partial charge in [0.05, 0.1) is 17.1 Å². The fraction of sp³-hybridized carbons (Fsp3) is 0.167. The number of nitrogens with one attached hydrogen (secondary N) is 1. The number of carbonyl (C=O) groups excluding carboxylic acids is 1. The molecule has 0 saturated carbocycles. The van der Waals surface area contributed by atoms with Crippen LogP contribution in [-0.2, 0) is 11.2 Å². The van der Waals surface area contributed by atoms with Crippen molar-refractivity contribution in [1.29, 1.82) is 0 Å². The van der Waals surface area contributed by atoms with Gasteiger partial charge in [-0.05, 0) is 25.1 Å². The van der Waals surface area contributed by atoms with E-state index in [-0.39, 0.29) is 17.4 Å². The fourth-order valence-electron chi connectivity index (χ4n) is 1.42. The Hall–Kier alpha value is -1.88. The summed E-state index contributed by atoms with van der Waals surface area (Å²) in [5.74, 6) is -0.307. The summed E-state index contributed by atoms with van der Waals surface area (Å²) < 4.78 is 18.0. The molecule has 1 N–H and O–H groups in total. The molecule has 1 amide bonds. The van der Waals surface area contributed by atoms with E-state index in [9.17, 15) is 9.18 Å². The molecule has 0 aliphatic heterocycles. The Morgan fingerprint density at radius 1 is 1.56 bits per heavy atom. The van der Waals surface area contributed by atoms with Gasteiger partial charge in [0.1, 0.15) is 11.6 Å². The Kier molecular flexibility index (Phi) is 3.62. The fourth-order valence-corrected chi connectivity index (χ4v) is 1.60. The van der Waals surface area contributed by atoms with E-state index in [0.29, 0.717) is 17.1 Å². The highest BCUT2D eigenvalue weighted by Gasteiger charge is 2.10. The van der Waals surface area contributed by atoms with Gasteiger partial charge in [-0.2, -0.15) is 0 Å². The van der Waals surface area contributed by atoms with Crippen LogP contribution in [0.3, 0.4) is 0 Å². The lowest BCUT2D eigenvalue weighted by molar-refractivity contribution is -0.115. The second-order valence-corrected chi connectivity index (χ2v) is 4.12. The number of hydrogen-bond donors (Lipinski definition) is 1. The van der Waals surface area contributed by atoms with Crippen molar-refractivity contribution in [3.05, 3.63) is 46.9 Å². The molecule has 1 heterocycles. The lowest BCUT2D eigenvalue weighted by atomic mass is 10.2. The van der Waals surface area contributed by atoms with Crippen LogP contribution in [0.5, 0.6) is 0 Å². The van der Waals surface area contributed by atoms with Crippen molar-refractivity contribution in [2.45, 2.75) is 13.3 Å². The van der Waals surface area contributed by atoms with Crippen molar-refractivity contribution in [3.63, 3.8) is 0 Å². The number of oxazole rings is 1. The second-order valence-electron chi connectivity index (χ2n) is 3.71. The van der Waals surface area contributed by atoms with Crippen LogP contribution >= 0.6 is 11.6 Å². The first-order valence-corrected chi connectivity index (χ1v) is 5.58. The first-order valence-electron chi connectivity index (χ1n) is 5.20. The van der Waals surface area contributed by atoms with Crippen molar-refractivity contribution >= 4 is 23.2 Å². The smallest absolute Gasteiger partial charge is 0.232 e. The predicted molar refractivity (Wildman–Crippen MR) is 65.0 cm³/mol. The maximum atomic E-state index is 12.9. The molecule has 0 atom stereocenters. The Bertz CT molecular complexity index is 583. The lowest BCUT2D eigenvalue weighted by Gasteiger charge is -2.05. The van der Waals surface area contributed by atoms with Crippen molar-refractivity contribution in [2.24, 2.45) is 0 Å². The van der Waals surface area contributed by atoms with E-state index in [0.717, 1.165) is 0 Å². The third kappa shape index (κ3) is 2.87. The number of hydrogen-bond acceptors (Lipinski definition) is 3. The molecule has 1 aromatic carbocycles. The zero-order valence-electron chi connectivity index (χ0n) is 9.54. The molecule has 0 radical (unpaired) electrons. The second kappa shape index (κ2) is 5.18. The maximum absolute atomic E-state index is 12.9. The van der Waals surface area contributed by atoms with E-state index in [4.69, 9.17) is 16.0 Å². The molecular weight excluding hydrogens is 259 g/mol. The van der Waals surface area contributed by atoms with Crippen LogP contribution in [-0.4, -0.2) is 10.9 Å². The van der Waals surface area contributed by atoms with Gasteiger partial charge in [0.15, 0.2) is 6.39 Å². The summed E-state index contributed by atoms with van der Waals surface area (Å²) in [5, 5.41) is 2.56. The first-order chi connectivity index (χ1) is 8.56. The van der Waals surface area contributed by atoms with Gasteiger partial charge in [-0.15, -0.1) is 0 Å². The molecule has 2 rings (SSSR count). The largest absolute Gasteiger partial charge is 0.448 e. The molecule has 4 nitrogen and oxygen atoms in total. The van der Waals surface area contributed by atoms with Crippen LogP contribution in [0.4, 0.5) is 10.1 Å². The molecule has 6 heteroatoms. The van der Waals surface area contributed by atoms with Gasteiger partial charge in [-0.3, -0.25) is 4.79 Å². The third-order valence-electron chi connectivity index (χ3n) is 2.37. The summed E-state index contributed by atoms with van der Waals surface area (Å²) in [6.07, 6.45) is 1.35. The van der Waals surface area contributed by atoms with E-state index in [1.807, 2.05) is 0 Å². The standard InChI is InChI=1S/C12H10ClFN2O2/c1-7-11(18-6-15-7)5-12(17)16-8-2-3-10(14)9(13)4-8/h2-4,6H,5H2,1H3,(H,16,17). The van der Waals surface area contributed by atoms with Gasteiger partial charge in [0.25, 0.3) is 0 Å². The van der Waals surface area contributed by atoms with Gasteiger partial charge in [0.2, 0.25) is 5.91 Å². The maximum Gasteiger partial charge on any atom is 0.232 e. The van der Waals surface area contributed by atoms with Gasteiger partial charge < -0.3 is 9.73 Å². The van der Waals surface area contributed by atoms with E-state index in [2.05, 4.69) is 10.3 Å². The van der Waals surface area contributed by atoms with Crippen molar-refractivity contribution in [2.75, 3.05) is 5.32 Å². The molecule has 0 aliphatic rings. The number of anilines is 1. The van der Waals surface area contributed by atoms with Crippen LogP contribution < -0.4 is 5.32 Å². The number of halogens is 2. The van der Waals surface area contributed by atoms with Crippen molar-refractivity contribution in [3.8, 4) is 0 Å². The number of amides is 1. The minimum atomic E-state index is -0.527. The zero-order valence-corrected chi connectivity index (χ0v) is 10.3.